The highest BCUT2D eigenvalue weighted by atomic mass is 16.4. The molecule has 1 aliphatic carbocycles. The Kier molecular flexibility index (Phi) is 3.72. The predicted molar refractivity (Wildman–Crippen MR) is 56.4 cm³/mol. The second-order valence-electron chi connectivity index (χ2n) is 4.32. The third-order valence-electron chi connectivity index (χ3n) is 3.17. The van der Waals surface area contributed by atoms with Crippen LogP contribution in [0.1, 0.15) is 46.0 Å². The fourth-order valence-electron chi connectivity index (χ4n) is 1.67. The summed E-state index contributed by atoms with van der Waals surface area (Å²) in [5, 5.41) is 11.5. The summed E-state index contributed by atoms with van der Waals surface area (Å²) in [5.74, 6) is -0.654. The van der Waals surface area contributed by atoms with Crippen molar-refractivity contribution in [3.05, 3.63) is 0 Å². The van der Waals surface area contributed by atoms with Crippen LogP contribution in [0, 0.1) is 5.92 Å². The number of rotatable bonds is 6. The molecule has 0 atom stereocenters. The molecule has 15 heavy (non-hydrogen) atoms. The van der Waals surface area contributed by atoms with E-state index in [9.17, 15) is 9.59 Å². The van der Waals surface area contributed by atoms with Crippen LogP contribution in [-0.4, -0.2) is 22.5 Å². The molecule has 1 aliphatic rings. The zero-order valence-corrected chi connectivity index (χ0v) is 9.38. The van der Waals surface area contributed by atoms with Crippen LogP contribution in [-0.2, 0) is 9.59 Å². The normalized spacial score (nSPS) is 17.5. The van der Waals surface area contributed by atoms with Crippen LogP contribution in [0.25, 0.3) is 0 Å². The monoisotopic (exact) mass is 213 g/mol. The van der Waals surface area contributed by atoms with E-state index in [-0.39, 0.29) is 5.91 Å². The highest BCUT2D eigenvalue weighted by molar-refractivity contribution is 5.89. The number of hydrogen-bond donors (Lipinski definition) is 2. The Balaban J connectivity index is 2.39. The van der Waals surface area contributed by atoms with E-state index >= 15 is 0 Å². The molecule has 1 rings (SSSR count). The molecular formula is C11H19NO3. The van der Waals surface area contributed by atoms with Gasteiger partial charge in [-0.15, -0.1) is 0 Å². The first-order chi connectivity index (χ1) is 7.04. The van der Waals surface area contributed by atoms with E-state index in [0.29, 0.717) is 25.2 Å². The van der Waals surface area contributed by atoms with Gasteiger partial charge in [-0.25, -0.2) is 4.79 Å². The Morgan fingerprint density at radius 2 is 1.87 bits per heavy atom. The minimum absolute atomic E-state index is 0.122. The third kappa shape index (κ3) is 2.94. The quantitative estimate of drug-likeness (QED) is 0.703. The largest absolute Gasteiger partial charge is 0.480 e. The molecule has 0 unspecified atom stereocenters. The van der Waals surface area contributed by atoms with Crippen LogP contribution in [0.2, 0.25) is 0 Å². The molecule has 86 valence electrons. The Morgan fingerprint density at radius 1 is 1.33 bits per heavy atom. The molecule has 0 aromatic rings. The van der Waals surface area contributed by atoms with Crippen LogP contribution in [0.15, 0.2) is 0 Å². The molecule has 0 aliphatic heterocycles. The van der Waals surface area contributed by atoms with Gasteiger partial charge in [0.15, 0.2) is 0 Å². The van der Waals surface area contributed by atoms with Gasteiger partial charge < -0.3 is 10.4 Å². The van der Waals surface area contributed by atoms with Crippen molar-refractivity contribution in [2.75, 3.05) is 0 Å². The number of carbonyl (C=O) groups is 2. The van der Waals surface area contributed by atoms with E-state index in [0.717, 1.165) is 12.8 Å². The molecule has 0 aromatic carbocycles. The fraction of sp³-hybridized carbons (Fsp3) is 0.818. The number of hydrogen-bond acceptors (Lipinski definition) is 2. The number of carboxylic acid groups (broad SMARTS) is 1. The van der Waals surface area contributed by atoms with E-state index < -0.39 is 11.5 Å². The molecule has 1 fully saturated rings. The highest BCUT2D eigenvalue weighted by Crippen LogP contribution is 2.35. The fourth-order valence-corrected chi connectivity index (χ4v) is 1.67. The second-order valence-corrected chi connectivity index (χ2v) is 4.32. The number of carbonyl (C=O) groups excluding carboxylic acids is 1. The molecule has 0 saturated heterocycles. The maximum Gasteiger partial charge on any atom is 0.329 e. The van der Waals surface area contributed by atoms with Crippen molar-refractivity contribution in [1.29, 1.82) is 0 Å². The van der Waals surface area contributed by atoms with Crippen LogP contribution in [0.3, 0.4) is 0 Å². The summed E-state index contributed by atoms with van der Waals surface area (Å²) in [6.45, 7) is 4.09. The van der Waals surface area contributed by atoms with E-state index in [1.165, 1.54) is 0 Å². The number of carboxylic acids is 1. The standard InChI is InChI=1S/C11H19NO3/c1-3-8(4-2)7-9(13)12-11(5-6-11)10(14)15/h8H,3-7H2,1-2H3,(H,12,13)(H,14,15). The maximum atomic E-state index is 11.6. The predicted octanol–water partition coefficient (Wildman–Crippen LogP) is 1.55. The average Bonchev–Trinajstić information content (AvgIpc) is 2.95. The third-order valence-corrected chi connectivity index (χ3v) is 3.17. The molecule has 4 nitrogen and oxygen atoms in total. The lowest BCUT2D eigenvalue weighted by molar-refractivity contribution is -0.143. The average molecular weight is 213 g/mol. The minimum atomic E-state index is -0.927. The molecule has 0 heterocycles. The second kappa shape index (κ2) is 4.64. The van der Waals surface area contributed by atoms with Crippen molar-refractivity contribution in [2.45, 2.75) is 51.5 Å². The van der Waals surface area contributed by atoms with Gasteiger partial charge in [0.2, 0.25) is 5.91 Å². The molecule has 0 radical (unpaired) electrons. The minimum Gasteiger partial charge on any atom is -0.480 e. The maximum absolute atomic E-state index is 11.6. The van der Waals surface area contributed by atoms with E-state index in [2.05, 4.69) is 5.32 Å². The first-order valence-corrected chi connectivity index (χ1v) is 5.58. The van der Waals surface area contributed by atoms with Gasteiger partial charge in [-0.3, -0.25) is 4.79 Å². The van der Waals surface area contributed by atoms with Gasteiger partial charge in [0.05, 0.1) is 0 Å². The Hall–Kier alpha value is -1.06. The van der Waals surface area contributed by atoms with Crippen molar-refractivity contribution >= 4 is 11.9 Å². The lowest BCUT2D eigenvalue weighted by Gasteiger charge is -2.15. The molecule has 4 heteroatoms. The summed E-state index contributed by atoms with van der Waals surface area (Å²) < 4.78 is 0. The Bertz CT molecular complexity index is 255. The smallest absolute Gasteiger partial charge is 0.329 e. The lowest BCUT2D eigenvalue weighted by atomic mass is 9.99. The van der Waals surface area contributed by atoms with Crippen molar-refractivity contribution in [2.24, 2.45) is 5.92 Å². The van der Waals surface area contributed by atoms with Crippen LogP contribution >= 0.6 is 0 Å². The van der Waals surface area contributed by atoms with E-state index in [1.54, 1.807) is 0 Å². The van der Waals surface area contributed by atoms with E-state index in [4.69, 9.17) is 5.11 Å². The van der Waals surface area contributed by atoms with Crippen molar-refractivity contribution < 1.29 is 14.7 Å². The van der Waals surface area contributed by atoms with Crippen molar-refractivity contribution in [3.63, 3.8) is 0 Å². The van der Waals surface area contributed by atoms with Gasteiger partial charge >= 0.3 is 5.97 Å². The highest BCUT2D eigenvalue weighted by Gasteiger charge is 2.51. The van der Waals surface area contributed by atoms with Gasteiger partial charge in [0.25, 0.3) is 0 Å². The van der Waals surface area contributed by atoms with Crippen molar-refractivity contribution in [1.82, 2.24) is 5.32 Å². The number of nitrogens with one attached hydrogen (secondary N) is 1. The molecule has 1 amide bonds. The summed E-state index contributed by atoms with van der Waals surface area (Å²) in [6.07, 6.45) is 3.50. The molecule has 0 aromatic heterocycles. The van der Waals surface area contributed by atoms with Gasteiger partial charge in [-0.05, 0) is 18.8 Å². The first-order valence-electron chi connectivity index (χ1n) is 5.58. The number of aliphatic carboxylic acids is 1. The molecule has 0 bridgehead atoms. The molecular weight excluding hydrogens is 194 g/mol. The first kappa shape index (κ1) is 12.0. The number of amides is 1. The van der Waals surface area contributed by atoms with Gasteiger partial charge in [-0.1, -0.05) is 26.7 Å². The summed E-state index contributed by atoms with van der Waals surface area (Å²) in [5.41, 5.74) is -0.927. The summed E-state index contributed by atoms with van der Waals surface area (Å²) in [6, 6.07) is 0. The zero-order chi connectivity index (χ0) is 11.5. The van der Waals surface area contributed by atoms with Crippen LogP contribution in [0.4, 0.5) is 0 Å². The molecule has 1 saturated carbocycles. The van der Waals surface area contributed by atoms with Crippen LogP contribution < -0.4 is 5.32 Å². The van der Waals surface area contributed by atoms with Gasteiger partial charge in [0.1, 0.15) is 5.54 Å². The van der Waals surface area contributed by atoms with E-state index in [1.807, 2.05) is 13.8 Å². The lowest BCUT2D eigenvalue weighted by Crippen LogP contribution is -2.43. The SMILES string of the molecule is CCC(CC)CC(=O)NC1(C(=O)O)CC1. The van der Waals surface area contributed by atoms with Gasteiger partial charge in [-0.2, -0.15) is 0 Å². The van der Waals surface area contributed by atoms with Gasteiger partial charge in [0, 0.05) is 6.42 Å². The molecule has 0 spiro atoms. The Morgan fingerprint density at radius 3 is 2.20 bits per heavy atom. The summed E-state index contributed by atoms with van der Waals surface area (Å²) >= 11 is 0. The van der Waals surface area contributed by atoms with Crippen molar-refractivity contribution in [3.8, 4) is 0 Å². The summed E-state index contributed by atoms with van der Waals surface area (Å²) in [7, 11) is 0. The summed E-state index contributed by atoms with van der Waals surface area (Å²) in [4.78, 5) is 22.4. The Labute approximate surface area is 90.0 Å². The molecule has 2 N–H and O–H groups in total. The van der Waals surface area contributed by atoms with Crippen LogP contribution in [0.5, 0.6) is 0 Å². The zero-order valence-electron chi connectivity index (χ0n) is 9.38. The topological polar surface area (TPSA) is 66.4 Å².